The molecule has 2 heterocycles. The fourth-order valence-corrected chi connectivity index (χ4v) is 4.52. The van der Waals surface area contributed by atoms with Gasteiger partial charge in [-0.05, 0) is 57.0 Å². The SMILES string of the molecule is COc1ccc(-c2cc3n(n2)CC(C)(C(C)=O)N(C2CCCCC2)C3=O)cc1. The second kappa shape index (κ2) is 7.08. The molecule has 148 valence electrons. The second-order valence-corrected chi connectivity index (χ2v) is 8.10. The summed E-state index contributed by atoms with van der Waals surface area (Å²) < 4.78 is 6.93. The summed E-state index contributed by atoms with van der Waals surface area (Å²) in [7, 11) is 1.63. The van der Waals surface area contributed by atoms with Crippen molar-refractivity contribution in [1.82, 2.24) is 14.7 Å². The van der Waals surface area contributed by atoms with Crippen molar-refractivity contribution < 1.29 is 14.3 Å². The van der Waals surface area contributed by atoms with Gasteiger partial charge in [0.15, 0.2) is 5.78 Å². The van der Waals surface area contributed by atoms with Crippen molar-refractivity contribution in [1.29, 1.82) is 0 Å². The molecule has 0 radical (unpaired) electrons. The van der Waals surface area contributed by atoms with Gasteiger partial charge in [-0.1, -0.05) is 19.3 Å². The molecule has 1 aliphatic carbocycles. The number of Topliss-reactive ketones (excluding diaryl/α,β-unsaturated/α-hetero) is 1. The van der Waals surface area contributed by atoms with Crippen molar-refractivity contribution in [2.75, 3.05) is 7.11 Å². The number of fused-ring (bicyclic) bond motifs is 1. The smallest absolute Gasteiger partial charge is 0.273 e. The van der Waals surface area contributed by atoms with Crippen LogP contribution < -0.4 is 4.74 Å². The molecule has 0 spiro atoms. The predicted molar refractivity (Wildman–Crippen MR) is 106 cm³/mol. The van der Waals surface area contributed by atoms with Crippen LogP contribution in [0.15, 0.2) is 30.3 Å². The van der Waals surface area contributed by atoms with Crippen molar-refractivity contribution in [3.8, 4) is 17.0 Å². The minimum absolute atomic E-state index is 0.0126. The van der Waals surface area contributed by atoms with Crippen LogP contribution in [0.5, 0.6) is 5.75 Å². The summed E-state index contributed by atoms with van der Waals surface area (Å²) in [5.41, 5.74) is 1.37. The molecule has 1 aromatic carbocycles. The maximum atomic E-state index is 13.5. The van der Waals surface area contributed by atoms with Gasteiger partial charge < -0.3 is 9.64 Å². The molecule has 28 heavy (non-hydrogen) atoms. The van der Waals surface area contributed by atoms with Crippen LogP contribution in [0.25, 0.3) is 11.3 Å². The molecule has 2 aliphatic rings. The number of benzene rings is 1. The van der Waals surface area contributed by atoms with E-state index in [2.05, 4.69) is 5.10 Å². The van der Waals surface area contributed by atoms with Crippen LogP contribution in [0.4, 0.5) is 0 Å². The van der Waals surface area contributed by atoms with E-state index in [1.807, 2.05) is 42.2 Å². The van der Waals surface area contributed by atoms with Crippen LogP contribution in [0.2, 0.25) is 0 Å². The maximum Gasteiger partial charge on any atom is 0.273 e. The Morgan fingerprint density at radius 2 is 1.86 bits per heavy atom. The minimum atomic E-state index is -0.852. The molecule has 6 nitrogen and oxygen atoms in total. The first-order chi connectivity index (χ1) is 13.4. The molecule has 0 N–H and O–H groups in total. The molecule has 4 rings (SSSR count). The van der Waals surface area contributed by atoms with E-state index < -0.39 is 5.54 Å². The summed E-state index contributed by atoms with van der Waals surface area (Å²) >= 11 is 0. The van der Waals surface area contributed by atoms with Crippen LogP contribution in [0.1, 0.15) is 56.4 Å². The summed E-state index contributed by atoms with van der Waals surface area (Å²) in [5.74, 6) is 0.707. The molecule has 1 fully saturated rings. The first-order valence-corrected chi connectivity index (χ1v) is 10.0. The third-order valence-corrected chi connectivity index (χ3v) is 6.29. The summed E-state index contributed by atoms with van der Waals surface area (Å²) in [5, 5.41) is 4.66. The number of amides is 1. The summed E-state index contributed by atoms with van der Waals surface area (Å²) in [6.07, 6.45) is 5.36. The molecular weight excluding hydrogens is 354 g/mol. The van der Waals surface area contributed by atoms with Gasteiger partial charge in [0.2, 0.25) is 0 Å². The number of aromatic nitrogens is 2. The zero-order valence-electron chi connectivity index (χ0n) is 16.8. The van der Waals surface area contributed by atoms with Gasteiger partial charge in [0.25, 0.3) is 5.91 Å². The lowest BCUT2D eigenvalue weighted by Gasteiger charge is -2.48. The highest BCUT2D eigenvalue weighted by molar-refractivity contribution is 6.00. The lowest BCUT2D eigenvalue weighted by atomic mass is 9.85. The average Bonchev–Trinajstić information content (AvgIpc) is 3.13. The van der Waals surface area contributed by atoms with Crippen LogP contribution in [-0.2, 0) is 11.3 Å². The van der Waals surface area contributed by atoms with Gasteiger partial charge in [-0.2, -0.15) is 5.10 Å². The van der Waals surface area contributed by atoms with Gasteiger partial charge in [0.1, 0.15) is 17.0 Å². The van der Waals surface area contributed by atoms with Gasteiger partial charge in [0, 0.05) is 11.6 Å². The molecule has 1 aliphatic heterocycles. The predicted octanol–water partition coefficient (Wildman–Crippen LogP) is 3.69. The normalized spacial score (nSPS) is 22.8. The second-order valence-electron chi connectivity index (χ2n) is 8.10. The number of hydrogen-bond donors (Lipinski definition) is 0. The average molecular weight is 381 g/mol. The topological polar surface area (TPSA) is 64.4 Å². The van der Waals surface area contributed by atoms with Crippen molar-refractivity contribution >= 4 is 11.7 Å². The lowest BCUT2D eigenvalue weighted by molar-refractivity contribution is -0.130. The highest BCUT2D eigenvalue weighted by Crippen LogP contribution is 2.36. The molecule has 1 saturated carbocycles. The zero-order chi connectivity index (χ0) is 19.9. The van der Waals surface area contributed by atoms with E-state index in [1.54, 1.807) is 18.7 Å². The number of nitrogens with zero attached hydrogens (tertiary/aromatic N) is 3. The number of carbonyl (C=O) groups is 2. The maximum absolute atomic E-state index is 13.5. The quantitative estimate of drug-likeness (QED) is 0.810. The van der Waals surface area contributed by atoms with Crippen LogP contribution in [0.3, 0.4) is 0 Å². The van der Waals surface area contributed by atoms with Crippen LogP contribution in [-0.4, -0.2) is 45.1 Å². The fraction of sp³-hybridized carbons (Fsp3) is 0.500. The first kappa shape index (κ1) is 18.7. The molecule has 1 amide bonds. The molecule has 0 saturated heterocycles. The van der Waals surface area contributed by atoms with E-state index in [9.17, 15) is 9.59 Å². The third-order valence-electron chi connectivity index (χ3n) is 6.29. The summed E-state index contributed by atoms with van der Waals surface area (Å²) in [6, 6.07) is 9.59. The van der Waals surface area contributed by atoms with Crippen molar-refractivity contribution in [3.05, 3.63) is 36.0 Å². The number of ether oxygens (including phenoxy) is 1. The first-order valence-electron chi connectivity index (χ1n) is 10.0. The number of carbonyl (C=O) groups excluding carboxylic acids is 2. The molecule has 2 aromatic rings. The Hall–Kier alpha value is -2.63. The number of ketones is 1. The van der Waals surface area contributed by atoms with E-state index in [0.717, 1.165) is 42.7 Å². The molecule has 1 unspecified atom stereocenters. The van der Waals surface area contributed by atoms with Crippen molar-refractivity contribution in [3.63, 3.8) is 0 Å². The van der Waals surface area contributed by atoms with Gasteiger partial charge in [-0.25, -0.2) is 0 Å². The van der Waals surface area contributed by atoms with Crippen molar-refractivity contribution in [2.45, 2.75) is 64.1 Å². The molecule has 6 heteroatoms. The molecular formula is C22H27N3O3. The van der Waals surface area contributed by atoms with Gasteiger partial charge >= 0.3 is 0 Å². The minimum Gasteiger partial charge on any atom is -0.497 e. The zero-order valence-corrected chi connectivity index (χ0v) is 16.8. The number of hydrogen-bond acceptors (Lipinski definition) is 4. The number of rotatable bonds is 4. The van der Waals surface area contributed by atoms with Gasteiger partial charge in [-0.15, -0.1) is 0 Å². The standard InChI is InChI=1S/C22H27N3O3/c1-15(26)22(2)14-24-20(21(27)25(22)17-7-5-4-6-8-17)13-19(23-24)16-9-11-18(28-3)12-10-16/h9-13,17H,4-8,14H2,1-3H3. The Bertz CT molecular complexity index is 896. The summed E-state index contributed by atoms with van der Waals surface area (Å²) in [4.78, 5) is 28.0. The Kier molecular flexibility index (Phi) is 4.73. The van der Waals surface area contributed by atoms with E-state index in [1.165, 1.54) is 6.42 Å². The summed E-state index contributed by atoms with van der Waals surface area (Å²) in [6.45, 7) is 3.87. The fourth-order valence-electron chi connectivity index (χ4n) is 4.52. The van der Waals surface area contributed by atoms with Crippen LogP contribution in [0, 0.1) is 0 Å². The highest BCUT2D eigenvalue weighted by Gasteiger charge is 2.48. The Morgan fingerprint density at radius 1 is 1.18 bits per heavy atom. The number of methoxy groups -OCH3 is 1. The van der Waals surface area contributed by atoms with Crippen LogP contribution >= 0.6 is 0 Å². The van der Waals surface area contributed by atoms with E-state index in [4.69, 9.17) is 4.74 Å². The van der Waals surface area contributed by atoms with E-state index in [-0.39, 0.29) is 17.7 Å². The Balaban J connectivity index is 1.73. The highest BCUT2D eigenvalue weighted by atomic mass is 16.5. The van der Waals surface area contributed by atoms with Gasteiger partial charge in [-0.3, -0.25) is 14.3 Å². The largest absolute Gasteiger partial charge is 0.497 e. The van der Waals surface area contributed by atoms with Crippen molar-refractivity contribution in [2.24, 2.45) is 0 Å². The van der Waals surface area contributed by atoms with E-state index >= 15 is 0 Å². The molecule has 1 aromatic heterocycles. The van der Waals surface area contributed by atoms with Gasteiger partial charge in [0.05, 0.1) is 19.3 Å². The Labute approximate surface area is 165 Å². The molecule has 0 bridgehead atoms. The molecule has 1 atom stereocenters. The monoisotopic (exact) mass is 381 g/mol. The van der Waals surface area contributed by atoms with E-state index in [0.29, 0.717) is 12.2 Å². The third kappa shape index (κ3) is 3.01. The lowest BCUT2D eigenvalue weighted by Crippen LogP contribution is -2.64. The Morgan fingerprint density at radius 3 is 2.46 bits per heavy atom.